The van der Waals surface area contributed by atoms with Crippen molar-refractivity contribution in [2.24, 2.45) is 0 Å². The van der Waals surface area contributed by atoms with E-state index in [-0.39, 0.29) is 18.8 Å². The Kier molecular flexibility index (Phi) is 7.49. The standard InChI is InChI=1S/C13H20N2O5S2/c1-19-11-7-10(8-12(9-11)20-2)13(16)14-4-6-22(17,18)15-3-5-21/h7-9,15,21H,3-6H2,1-2H3,(H,14,16). The molecular formula is C13H20N2O5S2. The molecule has 0 radical (unpaired) electrons. The average Bonchev–Trinajstić information content (AvgIpc) is 2.52. The number of hydrogen-bond acceptors (Lipinski definition) is 6. The maximum Gasteiger partial charge on any atom is 0.251 e. The van der Waals surface area contributed by atoms with Gasteiger partial charge in [0.05, 0.1) is 20.0 Å². The maximum atomic E-state index is 12.0. The summed E-state index contributed by atoms with van der Waals surface area (Å²) in [5.74, 6) is 0.768. The second-order valence-electron chi connectivity index (χ2n) is 4.29. The van der Waals surface area contributed by atoms with E-state index in [0.29, 0.717) is 22.8 Å². The molecule has 0 heterocycles. The molecule has 9 heteroatoms. The molecule has 1 aromatic rings. The van der Waals surface area contributed by atoms with Crippen LogP contribution < -0.4 is 19.5 Å². The number of rotatable bonds is 9. The second kappa shape index (κ2) is 8.86. The first kappa shape index (κ1) is 18.6. The number of hydrogen-bond donors (Lipinski definition) is 3. The predicted molar refractivity (Wildman–Crippen MR) is 87.5 cm³/mol. The molecule has 0 unspecified atom stereocenters. The van der Waals surface area contributed by atoms with Crippen LogP contribution in [0.1, 0.15) is 10.4 Å². The summed E-state index contributed by atoms with van der Waals surface area (Å²) in [4.78, 5) is 12.0. The van der Waals surface area contributed by atoms with E-state index < -0.39 is 15.9 Å². The Labute approximate surface area is 135 Å². The SMILES string of the molecule is COc1cc(OC)cc(C(=O)NCCS(=O)(=O)NCCS)c1. The molecule has 0 saturated heterocycles. The van der Waals surface area contributed by atoms with Gasteiger partial charge in [-0.3, -0.25) is 4.79 Å². The molecule has 0 atom stereocenters. The lowest BCUT2D eigenvalue weighted by atomic mass is 10.2. The van der Waals surface area contributed by atoms with Crippen LogP contribution in [0.5, 0.6) is 11.5 Å². The zero-order valence-corrected chi connectivity index (χ0v) is 14.2. The van der Waals surface area contributed by atoms with Gasteiger partial charge in [-0.2, -0.15) is 12.6 Å². The number of amides is 1. The Balaban J connectivity index is 2.62. The molecule has 1 rings (SSSR count). The number of thiol groups is 1. The van der Waals surface area contributed by atoms with Crippen LogP contribution >= 0.6 is 12.6 Å². The summed E-state index contributed by atoms with van der Waals surface area (Å²) in [5.41, 5.74) is 0.330. The van der Waals surface area contributed by atoms with E-state index in [9.17, 15) is 13.2 Å². The Morgan fingerprint density at radius 3 is 2.23 bits per heavy atom. The summed E-state index contributed by atoms with van der Waals surface area (Å²) in [6.07, 6.45) is 0. The monoisotopic (exact) mass is 348 g/mol. The lowest BCUT2D eigenvalue weighted by molar-refractivity contribution is 0.0955. The fourth-order valence-electron chi connectivity index (χ4n) is 1.61. The van der Waals surface area contributed by atoms with E-state index >= 15 is 0 Å². The van der Waals surface area contributed by atoms with Gasteiger partial charge in [0, 0.05) is 30.5 Å². The number of sulfonamides is 1. The van der Waals surface area contributed by atoms with Gasteiger partial charge in [-0.1, -0.05) is 0 Å². The number of ether oxygens (including phenoxy) is 2. The molecule has 1 aromatic carbocycles. The fourth-order valence-corrected chi connectivity index (χ4v) is 2.80. The third kappa shape index (κ3) is 6.12. The van der Waals surface area contributed by atoms with Crippen molar-refractivity contribution in [3.05, 3.63) is 23.8 Å². The maximum absolute atomic E-state index is 12.0. The second-order valence-corrected chi connectivity index (χ2v) is 6.67. The van der Waals surface area contributed by atoms with Crippen molar-refractivity contribution in [2.45, 2.75) is 0 Å². The van der Waals surface area contributed by atoms with Crippen LogP contribution in [0.2, 0.25) is 0 Å². The molecule has 2 N–H and O–H groups in total. The summed E-state index contributed by atoms with van der Waals surface area (Å²) >= 11 is 3.92. The van der Waals surface area contributed by atoms with E-state index in [4.69, 9.17) is 9.47 Å². The molecule has 0 aromatic heterocycles. The van der Waals surface area contributed by atoms with Gasteiger partial charge in [0.1, 0.15) is 11.5 Å². The van der Waals surface area contributed by atoms with Crippen LogP contribution in [0, 0.1) is 0 Å². The van der Waals surface area contributed by atoms with Crippen molar-refractivity contribution in [1.29, 1.82) is 0 Å². The van der Waals surface area contributed by atoms with E-state index in [0.717, 1.165) is 0 Å². The van der Waals surface area contributed by atoms with Gasteiger partial charge >= 0.3 is 0 Å². The number of nitrogens with one attached hydrogen (secondary N) is 2. The normalized spacial score (nSPS) is 11.0. The predicted octanol–water partition coefficient (Wildman–Crippen LogP) is 0.283. The number of carbonyl (C=O) groups is 1. The summed E-state index contributed by atoms with van der Waals surface area (Å²) in [5, 5.41) is 2.55. The highest BCUT2D eigenvalue weighted by Crippen LogP contribution is 2.22. The number of methoxy groups -OCH3 is 2. The Morgan fingerprint density at radius 2 is 1.73 bits per heavy atom. The first-order valence-electron chi connectivity index (χ1n) is 6.51. The highest BCUT2D eigenvalue weighted by Gasteiger charge is 2.12. The lowest BCUT2D eigenvalue weighted by Gasteiger charge is -2.10. The van der Waals surface area contributed by atoms with E-state index in [1.807, 2.05) is 0 Å². The van der Waals surface area contributed by atoms with Crippen molar-refractivity contribution >= 4 is 28.6 Å². The zero-order valence-electron chi connectivity index (χ0n) is 12.5. The minimum absolute atomic E-state index is 0.000261. The van der Waals surface area contributed by atoms with Crippen LogP contribution in [0.15, 0.2) is 18.2 Å². The third-order valence-electron chi connectivity index (χ3n) is 2.70. The van der Waals surface area contributed by atoms with Gasteiger partial charge in [0.25, 0.3) is 5.91 Å². The Morgan fingerprint density at radius 1 is 1.14 bits per heavy atom. The van der Waals surface area contributed by atoms with Crippen LogP contribution in [0.3, 0.4) is 0 Å². The van der Waals surface area contributed by atoms with Gasteiger partial charge in [0.2, 0.25) is 10.0 Å². The van der Waals surface area contributed by atoms with Crippen molar-refractivity contribution in [1.82, 2.24) is 10.0 Å². The number of carbonyl (C=O) groups excluding carboxylic acids is 1. The van der Waals surface area contributed by atoms with Crippen LogP contribution in [-0.2, 0) is 10.0 Å². The van der Waals surface area contributed by atoms with Crippen LogP contribution in [0.4, 0.5) is 0 Å². The summed E-state index contributed by atoms with van der Waals surface area (Å²) in [6, 6.07) is 4.74. The van der Waals surface area contributed by atoms with Crippen LogP contribution in [0.25, 0.3) is 0 Å². The molecule has 0 saturated carbocycles. The molecule has 0 aliphatic heterocycles. The highest BCUT2D eigenvalue weighted by atomic mass is 32.2. The van der Waals surface area contributed by atoms with Gasteiger partial charge in [-0.25, -0.2) is 13.1 Å². The smallest absolute Gasteiger partial charge is 0.251 e. The molecule has 0 aliphatic rings. The molecule has 0 spiro atoms. The summed E-state index contributed by atoms with van der Waals surface area (Å²) in [6.45, 7) is 0.257. The lowest BCUT2D eigenvalue weighted by Crippen LogP contribution is -2.35. The van der Waals surface area contributed by atoms with Gasteiger partial charge < -0.3 is 14.8 Å². The highest BCUT2D eigenvalue weighted by molar-refractivity contribution is 7.89. The van der Waals surface area contributed by atoms with Gasteiger partial charge in [0.15, 0.2) is 0 Å². The summed E-state index contributed by atoms with van der Waals surface area (Å²) in [7, 11) is -0.446. The number of benzene rings is 1. The fraction of sp³-hybridized carbons (Fsp3) is 0.462. The first-order chi connectivity index (χ1) is 10.4. The summed E-state index contributed by atoms with van der Waals surface area (Å²) < 4.78 is 35.7. The molecule has 0 bridgehead atoms. The first-order valence-corrected chi connectivity index (χ1v) is 8.80. The minimum Gasteiger partial charge on any atom is -0.497 e. The quantitative estimate of drug-likeness (QED) is 0.558. The van der Waals surface area contributed by atoms with Gasteiger partial charge in [-0.05, 0) is 12.1 Å². The molecule has 124 valence electrons. The van der Waals surface area contributed by atoms with Crippen molar-refractivity contribution in [2.75, 3.05) is 38.8 Å². The van der Waals surface area contributed by atoms with Gasteiger partial charge in [-0.15, -0.1) is 0 Å². The third-order valence-corrected chi connectivity index (χ3v) is 4.31. The zero-order chi connectivity index (χ0) is 16.6. The Bertz CT molecular complexity index is 582. The van der Waals surface area contributed by atoms with Crippen LogP contribution in [-0.4, -0.2) is 53.1 Å². The van der Waals surface area contributed by atoms with Crippen molar-refractivity contribution < 1.29 is 22.7 Å². The largest absolute Gasteiger partial charge is 0.497 e. The van der Waals surface area contributed by atoms with Crippen molar-refractivity contribution in [3.8, 4) is 11.5 Å². The average molecular weight is 348 g/mol. The van der Waals surface area contributed by atoms with E-state index in [1.54, 1.807) is 18.2 Å². The molecule has 1 amide bonds. The van der Waals surface area contributed by atoms with E-state index in [2.05, 4.69) is 22.7 Å². The molecule has 0 fully saturated rings. The van der Waals surface area contributed by atoms with E-state index in [1.165, 1.54) is 14.2 Å². The molecular weight excluding hydrogens is 328 g/mol. The van der Waals surface area contributed by atoms with Crippen molar-refractivity contribution in [3.63, 3.8) is 0 Å². The molecule has 7 nitrogen and oxygen atoms in total. The molecule has 0 aliphatic carbocycles. The molecule has 22 heavy (non-hydrogen) atoms. The topological polar surface area (TPSA) is 93.7 Å². The Hall–Kier alpha value is -1.45. The minimum atomic E-state index is -3.41.